The van der Waals surface area contributed by atoms with Crippen molar-refractivity contribution in [2.24, 2.45) is 0 Å². The highest BCUT2D eigenvalue weighted by atomic mass is 16.7. The molecule has 18 heavy (non-hydrogen) atoms. The van der Waals surface area contributed by atoms with E-state index in [4.69, 9.17) is 18.9 Å². The normalized spacial score (nSPS) is 28.0. The van der Waals surface area contributed by atoms with Crippen LogP contribution in [0, 0.1) is 0 Å². The second-order valence-electron chi connectivity index (χ2n) is 4.44. The van der Waals surface area contributed by atoms with Gasteiger partial charge in [-0.05, 0) is 31.5 Å². The van der Waals surface area contributed by atoms with Crippen molar-refractivity contribution in [3.8, 4) is 11.5 Å². The number of hydrogen-bond donors (Lipinski definition) is 0. The predicted octanol–water partition coefficient (Wildman–Crippen LogP) is 1.81. The molecule has 2 aliphatic heterocycles. The fourth-order valence-corrected chi connectivity index (χ4v) is 2.10. The summed E-state index contributed by atoms with van der Waals surface area (Å²) in [5.74, 6) is 1.08. The number of hydrogen-bond acceptors (Lipinski definition) is 5. The lowest BCUT2D eigenvalue weighted by molar-refractivity contribution is -0.148. The molecule has 0 bridgehead atoms. The minimum Gasteiger partial charge on any atom is -0.464 e. The summed E-state index contributed by atoms with van der Waals surface area (Å²) in [7, 11) is 0. The van der Waals surface area contributed by atoms with Gasteiger partial charge in [0, 0.05) is 0 Å². The van der Waals surface area contributed by atoms with Gasteiger partial charge >= 0.3 is 5.97 Å². The maximum Gasteiger partial charge on any atom is 0.341 e. The molecule has 96 valence electrons. The molecular weight excluding hydrogens is 236 g/mol. The summed E-state index contributed by atoms with van der Waals surface area (Å²) in [5.41, 5.74) is 0.0266. The lowest BCUT2D eigenvalue weighted by Crippen LogP contribution is -2.24. The second kappa shape index (κ2) is 3.88. The number of carbonyl (C=O) groups is 1. The Morgan fingerprint density at radius 3 is 3.00 bits per heavy atom. The van der Waals surface area contributed by atoms with Gasteiger partial charge in [-0.2, -0.15) is 0 Å². The Labute approximate surface area is 105 Å². The van der Waals surface area contributed by atoms with Crippen LogP contribution in [0.4, 0.5) is 0 Å². The fraction of sp³-hybridized carbons (Fsp3) is 0.462. The summed E-state index contributed by atoms with van der Waals surface area (Å²) in [4.78, 5) is 11.7. The third-order valence-corrected chi connectivity index (χ3v) is 3.19. The van der Waals surface area contributed by atoms with Crippen LogP contribution in [0.1, 0.15) is 25.5 Å². The number of ether oxygens (including phenoxy) is 4. The topological polar surface area (TPSA) is 57.3 Å². The van der Waals surface area contributed by atoms with Gasteiger partial charge < -0.3 is 18.9 Å². The van der Waals surface area contributed by atoms with Crippen LogP contribution in [0.2, 0.25) is 0 Å². The van der Waals surface area contributed by atoms with Crippen molar-refractivity contribution in [2.45, 2.75) is 25.6 Å². The van der Waals surface area contributed by atoms with Gasteiger partial charge in [0.2, 0.25) is 6.79 Å². The zero-order chi connectivity index (χ0) is 12.8. The number of epoxide rings is 1. The highest BCUT2D eigenvalue weighted by Gasteiger charge is 2.60. The Morgan fingerprint density at radius 2 is 2.22 bits per heavy atom. The molecule has 0 amide bonds. The van der Waals surface area contributed by atoms with E-state index in [0.717, 1.165) is 11.3 Å². The van der Waals surface area contributed by atoms with Crippen molar-refractivity contribution >= 4 is 5.97 Å². The molecule has 1 aromatic rings. The van der Waals surface area contributed by atoms with E-state index in [1.165, 1.54) is 0 Å². The average Bonchev–Trinajstić information content (AvgIpc) is 2.86. The molecule has 2 unspecified atom stereocenters. The molecule has 5 nitrogen and oxygen atoms in total. The fourth-order valence-electron chi connectivity index (χ4n) is 2.10. The molecule has 1 saturated heterocycles. The molecule has 0 spiro atoms. The van der Waals surface area contributed by atoms with Gasteiger partial charge in [0.25, 0.3) is 0 Å². The summed E-state index contributed by atoms with van der Waals surface area (Å²) in [6.45, 7) is 4.10. The lowest BCUT2D eigenvalue weighted by atomic mass is 10.0. The van der Waals surface area contributed by atoms with Gasteiger partial charge in [-0.1, -0.05) is 6.07 Å². The van der Waals surface area contributed by atoms with Crippen molar-refractivity contribution in [3.63, 3.8) is 0 Å². The van der Waals surface area contributed by atoms with Gasteiger partial charge in [0.1, 0.15) is 6.10 Å². The van der Waals surface area contributed by atoms with Crippen LogP contribution in [-0.4, -0.2) is 25.0 Å². The molecule has 5 heteroatoms. The van der Waals surface area contributed by atoms with Crippen molar-refractivity contribution in [2.75, 3.05) is 13.4 Å². The summed E-state index contributed by atoms with van der Waals surface area (Å²) in [5, 5.41) is 0. The quantitative estimate of drug-likeness (QED) is 0.605. The Morgan fingerprint density at radius 1 is 1.44 bits per heavy atom. The van der Waals surface area contributed by atoms with E-state index in [1.807, 2.05) is 18.2 Å². The smallest absolute Gasteiger partial charge is 0.341 e. The molecule has 0 saturated carbocycles. The number of esters is 1. The second-order valence-corrected chi connectivity index (χ2v) is 4.44. The van der Waals surface area contributed by atoms with Gasteiger partial charge in [-0.25, -0.2) is 4.79 Å². The minimum absolute atomic E-state index is 0.236. The van der Waals surface area contributed by atoms with Crippen LogP contribution in [0.15, 0.2) is 18.2 Å². The van der Waals surface area contributed by atoms with E-state index in [2.05, 4.69) is 0 Å². The van der Waals surface area contributed by atoms with Gasteiger partial charge in [0.05, 0.1) is 6.61 Å². The maximum absolute atomic E-state index is 11.7. The summed E-state index contributed by atoms with van der Waals surface area (Å²) in [6.07, 6.45) is -0.272. The Bertz CT molecular complexity index is 498. The van der Waals surface area contributed by atoms with Crippen molar-refractivity contribution in [1.82, 2.24) is 0 Å². The first-order valence-corrected chi connectivity index (χ1v) is 5.89. The third kappa shape index (κ3) is 1.62. The van der Waals surface area contributed by atoms with Crippen LogP contribution in [-0.2, 0) is 14.3 Å². The molecule has 0 radical (unpaired) electrons. The van der Waals surface area contributed by atoms with Crippen LogP contribution in [0.25, 0.3) is 0 Å². The first kappa shape index (κ1) is 11.3. The van der Waals surface area contributed by atoms with E-state index in [9.17, 15) is 4.79 Å². The highest BCUT2D eigenvalue weighted by Crippen LogP contribution is 2.51. The number of benzene rings is 1. The number of rotatable bonds is 3. The van der Waals surface area contributed by atoms with Gasteiger partial charge in [-0.15, -0.1) is 0 Å². The zero-order valence-corrected chi connectivity index (χ0v) is 10.3. The summed E-state index contributed by atoms with van der Waals surface area (Å²) >= 11 is 0. The highest BCUT2D eigenvalue weighted by molar-refractivity contribution is 5.83. The van der Waals surface area contributed by atoms with Crippen LogP contribution in [0.5, 0.6) is 11.5 Å². The average molecular weight is 250 g/mol. The molecule has 0 N–H and O–H groups in total. The molecule has 2 heterocycles. The number of carbonyl (C=O) groups excluding carboxylic acids is 1. The largest absolute Gasteiger partial charge is 0.464 e. The lowest BCUT2D eigenvalue weighted by Gasteiger charge is -2.06. The van der Waals surface area contributed by atoms with E-state index in [0.29, 0.717) is 12.4 Å². The molecule has 3 rings (SSSR count). The molecular formula is C13H14O5. The van der Waals surface area contributed by atoms with Gasteiger partial charge in [0.15, 0.2) is 17.1 Å². The summed E-state index contributed by atoms with van der Waals surface area (Å²) < 4.78 is 21.0. The van der Waals surface area contributed by atoms with E-state index >= 15 is 0 Å². The molecule has 1 aromatic carbocycles. The predicted molar refractivity (Wildman–Crippen MR) is 61.4 cm³/mol. The molecule has 1 fully saturated rings. The van der Waals surface area contributed by atoms with Crippen molar-refractivity contribution < 1.29 is 23.7 Å². The SMILES string of the molecule is CCOC(=O)C1(C)OC1c1ccc2c(c1)OCO2. The van der Waals surface area contributed by atoms with E-state index in [1.54, 1.807) is 13.8 Å². The standard InChI is InChI=1S/C13H14O5/c1-3-15-12(14)13(2)11(18-13)8-4-5-9-10(6-8)17-7-16-9/h4-6,11H,3,7H2,1-2H3. The van der Waals surface area contributed by atoms with Crippen LogP contribution < -0.4 is 9.47 Å². The third-order valence-electron chi connectivity index (χ3n) is 3.19. The van der Waals surface area contributed by atoms with E-state index < -0.39 is 5.60 Å². The molecule has 2 atom stereocenters. The Balaban J connectivity index is 1.80. The van der Waals surface area contributed by atoms with Crippen LogP contribution >= 0.6 is 0 Å². The Hall–Kier alpha value is -1.75. The van der Waals surface area contributed by atoms with Crippen molar-refractivity contribution in [1.29, 1.82) is 0 Å². The number of fused-ring (bicyclic) bond motifs is 1. The van der Waals surface area contributed by atoms with Crippen molar-refractivity contribution in [3.05, 3.63) is 23.8 Å². The van der Waals surface area contributed by atoms with Crippen LogP contribution in [0.3, 0.4) is 0 Å². The van der Waals surface area contributed by atoms with E-state index in [-0.39, 0.29) is 18.9 Å². The first-order chi connectivity index (χ1) is 8.65. The zero-order valence-electron chi connectivity index (χ0n) is 10.3. The Kier molecular flexibility index (Phi) is 2.45. The molecule has 2 aliphatic rings. The maximum atomic E-state index is 11.7. The minimum atomic E-state index is -0.871. The monoisotopic (exact) mass is 250 g/mol. The summed E-state index contributed by atoms with van der Waals surface area (Å²) in [6, 6.07) is 5.55. The first-order valence-electron chi connectivity index (χ1n) is 5.89. The molecule has 0 aliphatic carbocycles. The van der Waals surface area contributed by atoms with Gasteiger partial charge in [-0.3, -0.25) is 0 Å². The molecule has 0 aromatic heterocycles.